The van der Waals surface area contributed by atoms with Crippen molar-refractivity contribution in [3.05, 3.63) is 24.1 Å². The quantitative estimate of drug-likeness (QED) is 0.650. The normalized spacial score (nSPS) is 30.4. The summed E-state index contributed by atoms with van der Waals surface area (Å²) in [6.07, 6.45) is 2.90. The highest BCUT2D eigenvalue weighted by atomic mass is 19.1. The summed E-state index contributed by atoms with van der Waals surface area (Å²) in [5, 5.41) is 0. The highest BCUT2D eigenvalue weighted by Crippen LogP contribution is 2.45. The van der Waals surface area contributed by atoms with Gasteiger partial charge in [0.25, 0.3) is 0 Å². The number of aromatic nitrogens is 1. The Labute approximate surface area is 76.4 Å². The maximum absolute atomic E-state index is 12.9. The van der Waals surface area contributed by atoms with Crippen LogP contribution in [0.3, 0.4) is 0 Å². The fourth-order valence-corrected chi connectivity index (χ4v) is 2.15. The van der Waals surface area contributed by atoms with Gasteiger partial charge in [0.05, 0.1) is 0 Å². The molecule has 1 aliphatic heterocycles. The van der Waals surface area contributed by atoms with Crippen molar-refractivity contribution in [2.24, 2.45) is 11.8 Å². The number of rotatable bonds is 1. The molecule has 2 atom stereocenters. The Kier molecular flexibility index (Phi) is 1.37. The predicted molar refractivity (Wildman–Crippen MR) is 48.0 cm³/mol. The van der Waals surface area contributed by atoms with Crippen LogP contribution in [0.4, 0.5) is 10.2 Å². The number of halogens is 1. The summed E-state index contributed by atoms with van der Waals surface area (Å²) < 4.78 is 12.9. The van der Waals surface area contributed by atoms with Gasteiger partial charge in [-0.15, -0.1) is 0 Å². The molecule has 0 radical (unpaired) electrons. The lowest BCUT2D eigenvalue weighted by Gasteiger charge is -2.18. The SMILES string of the molecule is Fc1ccnc(N2CC3CC3C2)c1. The van der Waals surface area contributed by atoms with Gasteiger partial charge in [-0.05, 0) is 24.3 Å². The Bertz CT molecular complexity index is 329. The van der Waals surface area contributed by atoms with E-state index in [-0.39, 0.29) is 5.82 Å². The standard InChI is InChI=1S/C10H11FN2/c11-9-1-2-12-10(4-9)13-5-7-3-8(7)6-13/h1-2,4,7-8H,3,5-6H2. The first-order chi connectivity index (χ1) is 6.33. The molecular weight excluding hydrogens is 167 g/mol. The van der Waals surface area contributed by atoms with Gasteiger partial charge < -0.3 is 4.90 Å². The van der Waals surface area contributed by atoms with E-state index in [9.17, 15) is 4.39 Å². The second-order valence-corrected chi connectivity index (χ2v) is 3.99. The van der Waals surface area contributed by atoms with E-state index in [4.69, 9.17) is 0 Å². The Morgan fingerprint density at radius 3 is 2.85 bits per heavy atom. The van der Waals surface area contributed by atoms with E-state index in [1.165, 1.54) is 24.8 Å². The number of pyridine rings is 1. The van der Waals surface area contributed by atoms with E-state index in [1.54, 1.807) is 0 Å². The van der Waals surface area contributed by atoms with Crippen molar-refractivity contribution in [3.63, 3.8) is 0 Å². The van der Waals surface area contributed by atoms with Crippen molar-refractivity contribution in [1.29, 1.82) is 0 Å². The average Bonchev–Trinajstić information content (AvgIpc) is 2.74. The lowest BCUT2D eigenvalue weighted by Crippen LogP contribution is -2.22. The van der Waals surface area contributed by atoms with Gasteiger partial charge in [-0.1, -0.05) is 0 Å². The number of fused-ring (bicyclic) bond motifs is 1. The molecule has 3 heteroatoms. The first-order valence-electron chi connectivity index (χ1n) is 4.69. The molecule has 0 bridgehead atoms. The number of hydrogen-bond acceptors (Lipinski definition) is 2. The fraction of sp³-hybridized carbons (Fsp3) is 0.500. The Morgan fingerprint density at radius 2 is 2.15 bits per heavy atom. The first kappa shape index (κ1) is 7.30. The van der Waals surface area contributed by atoms with Crippen molar-refractivity contribution < 1.29 is 4.39 Å². The second kappa shape index (κ2) is 2.44. The largest absolute Gasteiger partial charge is 0.356 e. The molecule has 13 heavy (non-hydrogen) atoms. The summed E-state index contributed by atoms with van der Waals surface area (Å²) in [5.74, 6) is 2.34. The summed E-state index contributed by atoms with van der Waals surface area (Å²) in [6, 6.07) is 2.91. The van der Waals surface area contributed by atoms with E-state index >= 15 is 0 Å². The molecule has 2 aliphatic rings. The molecule has 1 aliphatic carbocycles. The fourth-order valence-electron chi connectivity index (χ4n) is 2.15. The van der Waals surface area contributed by atoms with Crippen molar-refractivity contribution >= 4 is 5.82 Å². The molecule has 2 heterocycles. The van der Waals surface area contributed by atoms with Crippen molar-refractivity contribution in [2.45, 2.75) is 6.42 Å². The highest BCUT2D eigenvalue weighted by molar-refractivity contribution is 5.41. The zero-order valence-corrected chi connectivity index (χ0v) is 7.28. The van der Waals surface area contributed by atoms with Crippen LogP contribution in [0.5, 0.6) is 0 Å². The van der Waals surface area contributed by atoms with E-state index in [1.807, 2.05) is 0 Å². The molecule has 1 aromatic rings. The van der Waals surface area contributed by atoms with Gasteiger partial charge >= 0.3 is 0 Å². The van der Waals surface area contributed by atoms with Gasteiger partial charge in [0.15, 0.2) is 0 Å². The summed E-state index contributed by atoms with van der Waals surface area (Å²) in [5.41, 5.74) is 0. The first-order valence-corrected chi connectivity index (χ1v) is 4.69. The van der Waals surface area contributed by atoms with Crippen LogP contribution in [0, 0.1) is 17.7 Å². The van der Waals surface area contributed by atoms with Crippen LogP contribution in [-0.2, 0) is 0 Å². The predicted octanol–water partition coefficient (Wildman–Crippen LogP) is 1.68. The van der Waals surface area contributed by atoms with Gasteiger partial charge in [0.2, 0.25) is 0 Å². The molecule has 0 spiro atoms. The molecule has 1 saturated carbocycles. The molecule has 2 unspecified atom stereocenters. The molecule has 0 amide bonds. The molecule has 1 aromatic heterocycles. The molecule has 3 rings (SSSR count). The molecule has 2 fully saturated rings. The van der Waals surface area contributed by atoms with Crippen molar-refractivity contribution in [3.8, 4) is 0 Å². The summed E-state index contributed by atoms with van der Waals surface area (Å²) in [7, 11) is 0. The van der Waals surface area contributed by atoms with Crippen molar-refractivity contribution in [2.75, 3.05) is 18.0 Å². The smallest absolute Gasteiger partial charge is 0.131 e. The number of piperidine rings is 1. The zero-order chi connectivity index (χ0) is 8.84. The number of anilines is 1. The maximum atomic E-state index is 12.9. The van der Waals surface area contributed by atoms with Crippen LogP contribution in [0.15, 0.2) is 18.3 Å². The van der Waals surface area contributed by atoms with Crippen LogP contribution >= 0.6 is 0 Å². The summed E-state index contributed by atoms with van der Waals surface area (Å²) in [4.78, 5) is 6.34. The molecule has 0 N–H and O–H groups in total. The Balaban J connectivity index is 1.84. The number of hydrogen-bond donors (Lipinski definition) is 0. The van der Waals surface area contributed by atoms with Crippen LogP contribution < -0.4 is 4.90 Å². The monoisotopic (exact) mass is 178 g/mol. The minimum absolute atomic E-state index is 0.189. The third kappa shape index (κ3) is 1.19. The van der Waals surface area contributed by atoms with E-state index < -0.39 is 0 Å². The Morgan fingerprint density at radius 1 is 1.38 bits per heavy atom. The van der Waals surface area contributed by atoms with E-state index in [0.29, 0.717) is 0 Å². The Hall–Kier alpha value is -1.12. The van der Waals surface area contributed by atoms with E-state index in [0.717, 1.165) is 30.7 Å². The highest BCUT2D eigenvalue weighted by Gasteiger charge is 2.45. The summed E-state index contributed by atoms with van der Waals surface area (Å²) >= 11 is 0. The molecule has 68 valence electrons. The minimum Gasteiger partial charge on any atom is -0.356 e. The lowest BCUT2D eigenvalue weighted by molar-refractivity contribution is 0.623. The van der Waals surface area contributed by atoms with Crippen LogP contribution in [0.1, 0.15) is 6.42 Å². The van der Waals surface area contributed by atoms with Gasteiger partial charge in [-0.2, -0.15) is 0 Å². The molecule has 2 nitrogen and oxygen atoms in total. The number of nitrogens with zero attached hydrogens (tertiary/aromatic N) is 2. The minimum atomic E-state index is -0.189. The molecule has 1 saturated heterocycles. The van der Waals surface area contributed by atoms with Crippen LogP contribution in [0.2, 0.25) is 0 Å². The van der Waals surface area contributed by atoms with Crippen LogP contribution in [0.25, 0.3) is 0 Å². The van der Waals surface area contributed by atoms with Gasteiger partial charge in [-0.3, -0.25) is 0 Å². The van der Waals surface area contributed by atoms with Crippen LogP contribution in [-0.4, -0.2) is 18.1 Å². The van der Waals surface area contributed by atoms with Gasteiger partial charge in [0.1, 0.15) is 11.6 Å². The van der Waals surface area contributed by atoms with Crippen molar-refractivity contribution in [1.82, 2.24) is 4.98 Å². The maximum Gasteiger partial charge on any atom is 0.131 e. The zero-order valence-electron chi connectivity index (χ0n) is 7.28. The third-order valence-corrected chi connectivity index (χ3v) is 3.01. The third-order valence-electron chi connectivity index (χ3n) is 3.01. The lowest BCUT2D eigenvalue weighted by atomic mass is 10.4. The average molecular weight is 178 g/mol. The molecular formula is C10H11FN2. The topological polar surface area (TPSA) is 16.1 Å². The van der Waals surface area contributed by atoms with Gasteiger partial charge in [-0.25, -0.2) is 9.37 Å². The van der Waals surface area contributed by atoms with E-state index in [2.05, 4.69) is 9.88 Å². The van der Waals surface area contributed by atoms with Gasteiger partial charge in [0, 0.05) is 25.4 Å². The second-order valence-electron chi connectivity index (χ2n) is 3.99. The summed E-state index contributed by atoms with van der Waals surface area (Å²) in [6.45, 7) is 2.14. The molecule has 0 aromatic carbocycles.